The Balaban J connectivity index is 1.77. The predicted molar refractivity (Wildman–Crippen MR) is 127 cm³/mol. The molecule has 1 aromatic carbocycles. The molecule has 2 aromatic heterocycles. The van der Waals surface area contributed by atoms with E-state index in [9.17, 15) is 9.59 Å². The zero-order valence-corrected chi connectivity index (χ0v) is 19.6. The number of carbonyl (C=O) groups excluding carboxylic acids is 2. The highest BCUT2D eigenvalue weighted by atomic mass is 32.1. The number of thiophene rings is 1. The summed E-state index contributed by atoms with van der Waals surface area (Å²) < 4.78 is 12.5. The van der Waals surface area contributed by atoms with Crippen LogP contribution in [-0.4, -0.2) is 35.9 Å². The first-order chi connectivity index (χ1) is 15.5. The molecule has 0 fully saturated rings. The van der Waals surface area contributed by atoms with Gasteiger partial charge in [0.2, 0.25) is 0 Å². The number of aliphatic imine (C=N–C) groups is 1. The van der Waals surface area contributed by atoms with E-state index in [1.54, 1.807) is 18.3 Å². The van der Waals surface area contributed by atoms with Crippen molar-refractivity contribution in [2.75, 3.05) is 13.2 Å². The minimum atomic E-state index is -0.291. The lowest BCUT2D eigenvalue weighted by atomic mass is 9.95. The van der Waals surface area contributed by atoms with Crippen LogP contribution in [0.15, 0.2) is 29.3 Å². The number of nitrogens with zero attached hydrogens (tertiary/aromatic N) is 2. The van der Waals surface area contributed by atoms with Crippen LogP contribution in [0.5, 0.6) is 0 Å². The maximum atomic E-state index is 12.7. The van der Waals surface area contributed by atoms with Crippen molar-refractivity contribution in [2.45, 2.75) is 53.0 Å². The second-order valence-corrected chi connectivity index (χ2v) is 8.86. The highest BCUT2D eigenvalue weighted by molar-refractivity contribution is 7.16. The minimum absolute atomic E-state index is 0.148. The maximum absolute atomic E-state index is 12.7. The van der Waals surface area contributed by atoms with Gasteiger partial charge in [-0.3, -0.25) is 4.79 Å². The summed E-state index contributed by atoms with van der Waals surface area (Å²) in [7, 11) is 0. The summed E-state index contributed by atoms with van der Waals surface area (Å²) in [5.41, 5.74) is 4.55. The third kappa shape index (κ3) is 4.21. The standard InChI is InChI=1S/C25H28N2O4S/c1-4-30-22(28)15-27-16(3)19(17-10-6-8-12-20(17)27)14-26-24-23(25(29)31-5-2)18-11-7-9-13-21(18)32-24/h6,8,10,12,14H,4-5,7,9,11,13,15H2,1-3H3. The highest BCUT2D eigenvalue weighted by Crippen LogP contribution is 2.40. The number of aryl methyl sites for hydroxylation is 1. The Kier molecular flexibility index (Phi) is 6.74. The van der Waals surface area contributed by atoms with Gasteiger partial charge in [0.25, 0.3) is 0 Å². The average Bonchev–Trinajstić information content (AvgIpc) is 3.28. The van der Waals surface area contributed by atoms with Crippen molar-refractivity contribution < 1.29 is 19.1 Å². The molecule has 6 nitrogen and oxygen atoms in total. The first-order valence-electron chi connectivity index (χ1n) is 11.1. The number of benzene rings is 1. The molecule has 2 heterocycles. The fraction of sp³-hybridized carbons (Fsp3) is 0.400. The smallest absolute Gasteiger partial charge is 0.341 e. The van der Waals surface area contributed by atoms with Gasteiger partial charge in [-0.25, -0.2) is 9.79 Å². The summed E-state index contributed by atoms with van der Waals surface area (Å²) in [4.78, 5) is 30.9. The number of ether oxygens (including phenoxy) is 2. The first-order valence-corrected chi connectivity index (χ1v) is 12.0. The molecule has 0 atom stereocenters. The largest absolute Gasteiger partial charge is 0.465 e. The second kappa shape index (κ2) is 9.69. The molecule has 3 aromatic rings. The van der Waals surface area contributed by atoms with E-state index < -0.39 is 0 Å². The molecule has 0 unspecified atom stereocenters. The molecule has 0 radical (unpaired) electrons. The lowest BCUT2D eigenvalue weighted by molar-refractivity contribution is -0.143. The molecule has 7 heteroatoms. The SMILES string of the molecule is CCOC(=O)Cn1c(C)c(C=Nc2sc3c(c2C(=O)OCC)CCCC3)c2ccccc21. The van der Waals surface area contributed by atoms with Crippen LogP contribution in [0, 0.1) is 6.92 Å². The van der Waals surface area contributed by atoms with Gasteiger partial charge in [-0.15, -0.1) is 11.3 Å². The van der Waals surface area contributed by atoms with Crippen LogP contribution < -0.4 is 0 Å². The van der Waals surface area contributed by atoms with Gasteiger partial charge in [-0.1, -0.05) is 18.2 Å². The first kappa shape index (κ1) is 22.3. The van der Waals surface area contributed by atoms with Crippen molar-refractivity contribution >= 4 is 45.4 Å². The van der Waals surface area contributed by atoms with Crippen LogP contribution in [0.25, 0.3) is 10.9 Å². The number of aromatic nitrogens is 1. The Hall–Kier alpha value is -2.93. The fourth-order valence-corrected chi connectivity index (χ4v) is 5.56. The summed E-state index contributed by atoms with van der Waals surface area (Å²) >= 11 is 1.59. The molecule has 168 valence electrons. The Morgan fingerprint density at radius 3 is 2.66 bits per heavy atom. The number of para-hydroxylation sites is 1. The number of fused-ring (bicyclic) bond motifs is 2. The topological polar surface area (TPSA) is 69.9 Å². The van der Waals surface area contributed by atoms with Crippen molar-refractivity contribution in [3.63, 3.8) is 0 Å². The van der Waals surface area contributed by atoms with Gasteiger partial charge in [0, 0.05) is 33.3 Å². The van der Waals surface area contributed by atoms with E-state index >= 15 is 0 Å². The zero-order chi connectivity index (χ0) is 22.7. The van der Waals surface area contributed by atoms with Crippen molar-refractivity contribution in [3.05, 3.63) is 51.5 Å². The van der Waals surface area contributed by atoms with Crippen molar-refractivity contribution in [3.8, 4) is 0 Å². The Labute approximate surface area is 191 Å². The molecule has 0 bridgehead atoms. The molecule has 4 rings (SSSR count). The highest BCUT2D eigenvalue weighted by Gasteiger charge is 2.26. The maximum Gasteiger partial charge on any atom is 0.341 e. The molecule has 0 saturated heterocycles. The van der Waals surface area contributed by atoms with Gasteiger partial charge < -0.3 is 14.0 Å². The second-order valence-electron chi connectivity index (χ2n) is 7.78. The number of carbonyl (C=O) groups is 2. The fourth-order valence-electron chi connectivity index (χ4n) is 4.34. The third-order valence-corrected chi connectivity index (χ3v) is 7.02. The Morgan fingerprint density at radius 2 is 1.88 bits per heavy atom. The van der Waals surface area contributed by atoms with E-state index in [1.165, 1.54) is 4.88 Å². The molecular formula is C25H28N2O4S. The summed E-state index contributed by atoms with van der Waals surface area (Å²) in [5, 5.41) is 1.72. The lowest BCUT2D eigenvalue weighted by Gasteiger charge is -2.11. The van der Waals surface area contributed by atoms with Crippen molar-refractivity contribution in [1.29, 1.82) is 0 Å². The molecule has 0 saturated carbocycles. The van der Waals surface area contributed by atoms with E-state index in [0.717, 1.165) is 53.4 Å². The summed E-state index contributed by atoms with van der Waals surface area (Å²) in [6, 6.07) is 7.95. The molecule has 0 N–H and O–H groups in total. The number of esters is 2. The van der Waals surface area contributed by atoms with Gasteiger partial charge in [-0.2, -0.15) is 0 Å². The van der Waals surface area contributed by atoms with E-state index in [2.05, 4.69) is 0 Å². The average molecular weight is 453 g/mol. The molecule has 0 aliphatic heterocycles. The molecular weight excluding hydrogens is 424 g/mol. The molecule has 0 spiro atoms. The van der Waals surface area contributed by atoms with Gasteiger partial charge in [0.15, 0.2) is 0 Å². The van der Waals surface area contributed by atoms with Gasteiger partial charge in [-0.05, 0) is 58.1 Å². The van der Waals surface area contributed by atoms with Crippen molar-refractivity contribution in [1.82, 2.24) is 4.57 Å². The Morgan fingerprint density at radius 1 is 1.12 bits per heavy atom. The van der Waals surface area contributed by atoms with Crippen LogP contribution in [0.3, 0.4) is 0 Å². The third-order valence-electron chi connectivity index (χ3n) is 5.82. The number of hydrogen-bond acceptors (Lipinski definition) is 6. The van der Waals surface area contributed by atoms with E-state index in [-0.39, 0.29) is 18.5 Å². The molecule has 1 aliphatic carbocycles. The van der Waals surface area contributed by atoms with Crippen LogP contribution in [0.2, 0.25) is 0 Å². The molecule has 0 amide bonds. The predicted octanol–water partition coefficient (Wildman–Crippen LogP) is 5.38. The summed E-state index contributed by atoms with van der Waals surface area (Å²) in [6.45, 7) is 6.44. The summed E-state index contributed by atoms with van der Waals surface area (Å²) in [6.07, 6.45) is 5.92. The van der Waals surface area contributed by atoms with E-state index in [1.807, 2.05) is 48.9 Å². The van der Waals surface area contributed by atoms with Gasteiger partial charge in [0.05, 0.1) is 18.8 Å². The van der Waals surface area contributed by atoms with E-state index in [0.29, 0.717) is 23.8 Å². The van der Waals surface area contributed by atoms with Gasteiger partial charge in [0.1, 0.15) is 11.5 Å². The number of hydrogen-bond donors (Lipinski definition) is 0. The molecule has 32 heavy (non-hydrogen) atoms. The summed E-state index contributed by atoms with van der Waals surface area (Å²) in [5.74, 6) is -0.559. The molecule has 1 aliphatic rings. The van der Waals surface area contributed by atoms with Gasteiger partial charge >= 0.3 is 11.9 Å². The van der Waals surface area contributed by atoms with Crippen LogP contribution >= 0.6 is 11.3 Å². The monoisotopic (exact) mass is 452 g/mol. The van der Waals surface area contributed by atoms with Crippen LogP contribution in [0.4, 0.5) is 5.00 Å². The van der Waals surface area contributed by atoms with Crippen LogP contribution in [0.1, 0.15) is 58.7 Å². The lowest BCUT2D eigenvalue weighted by Crippen LogP contribution is -2.14. The van der Waals surface area contributed by atoms with E-state index in [4.69, 9.17) is 14.5 Å². The van der Waals surface area contributed by atoms with Crippen molar-refractivity contribution in [2.24, 2.45) is 4.99 Å². The number of rotatable bonds is 7. The zero-order valence-electron chi connectivity index (χ0n) is 18.8. The quantitative estimate of drug-likeness (QED) is 0.356. The van der Waals surface area contributed by atoms with Crippen LogP contribution in [-0.2, 0) is 33.7 Å². The minimum Gasteiger partial charge on any atom is -0.465 e. The normalized spacial score (nSPS) is 13.5. The Bertz CT molecular complexity index is 1190.